The molecule has 0 aliphatic heterocycles. The van der Waals surface area contributed by atoms with Gasteiger partial charge in [-0.1, -0.05) is 6.92 Å². The van der Waals surface area contributed by atoms with Crippen molar-refractivity contribution in [2.75, 3.05) is 13.2 Å². The minimum Gasteiger partial charge on any atom is -0.396 e. The third-order valence-corrected chi connectivity index (χ3v) is 4.57. The Kier molecular flexibility index (Phi) is 2.85. The predicted octanol–water partition coefficient (Wildman–Crippen LogP) is 1.80. The number of fused-ring (bicyclic) bond motifs is 1. The van der Waals surface area contributed by atoms with Gasteiger partial charge in [0, 0.05) is 13.2 Å². The molecule has 0 aromatic rings. The van der Waals surface area contributed by atoms with Crippen LogP contribution in [0.2, 0.25) is 0 Å². The highest BCUT2D eigenvalue weighted by Crippen LogP contribution is 2.51. The van der Waals surface area contributed by atoms with E-state index in [1.165, 1.54) is 25.7 Å². The van der Waals surface area contributed by atoms with Crippen LogP contribution in [0.4, 0.5) is 0 Å². The molecule has 14 heavy (non-hydrogen) atoms. The fourth-order valence-corrected chi connectivity index (χ4v) is 3.59. The molecule has 2 N–H and O–H groups in total. The van der Waals surface area contributed by atoms with Gasteiger partial charge in [-0.05, 0) is 55.3 Å². The molecule has 82 valence electrons. The van der Waals surface area contributed by atoms with Gasteiger partial charge >= 0.3 is 0 Å². The van der Waals surface area contributed by atoms with E-state index in [0.717, 1.165) is 18.3 Å². The maximum atomic E-state index is 9.34. The van der Waals surface area contributed by atoms with Crippen LogP contribution in [0.1, 0.15) is 39.0 Å². The lowest BCUT2D eigenvalue weighted by molar-refractivity contribution is 0.0377. The van der Waals surface area contributed by atoms with Gasteiger partial charge in [0.05, 0.1) is 0 Å². The van der Waals surface area contributed by atoms with Crippen molar-refractivity contribution in [3.05, 3.63) is 0 Å². The summed E-state index contributed by atoms with van der Waals surface area (Å²) in [4.78, 5) is 0. The Balaban J connectivity index is 2.01. The third kappa shape index (κ3) is 1.70. The first-order chi connectivity index (χ1) is 6.68. The van der Waals surface area contributed by atoms with E-state index in [4.69, 9.17) is 0 Å². The molecule has 0 amide bonds. The minimum absolute atomic E-state index is 0.172. The summed E-state index contributed by atoms with van der Waals surface area (Å²) in [6.07, 6.45) is 6.00. The van der Waals surface area contributed by atoms with Gasteiger partial charge in [-0.15, -0.1) is 0 Å². The van der Waals surface area contributed by atoms with Crippen LogP contribution in [0, 0.1) is 23.2 Å². The largest absolute Gasteiger partial charge is 0.396 e. The highest BCUT2D eigenvalue weighted by Gasteiger charge is 2.43. The van der Waals surface area contributed by atoms with Crippen LogP contribution < -0.4 is 0 Å². The molecule has 2 heteroatoms. The van der Waals surface area contributed by atoms with Crippen LogP contribution in [0.25, 0.3) is 0 Å². The summed E-state index contributed by atoms with van der Waals surface area (Å²) in [5, 5.41) is 18.6. The maximum absolute atomic E-state index is 9.34. The summed E-state index contributed by atoms with van der Waals surface area (Å²) in [5.41, 5.74) is 0.172. The second-order valence-electron chi connectivity index (χ2n) is 5.66. The lowest BCUT2D eigenvalue weighted by Crippen LogP contribution is -2.34. The van der Waals surface area contributed by atoms with Gasteiger partial charge in [-0.2, -0.15) is 0 Å². The van der Waals surface area contributed by atoms with Crippen molar-refractivity contribution < 1.29 is 10.2 Å². The standard InChI is InChI=1S/C12H22O2/c1-12(8-14)5-4-11-9(6-12)2-3-10(11)7-13/h9-11,13-14H,2-8H2,1H3. The summed E-state index contributed by atoms with van der Waals surface area (Å²) < 4.78 is 0. The second kappa shape index (κ2) is 3.82. The lowest BCUT2D eigenvalue weighted by atomic mass is 9.66. The molecule has 0 spiro atoms. The average molecular weight is 198 g/mol. The van der Waals surface area contributed by atoms with Crippen molar-refractivity contribution in [2.45, 2.75) is 39.0 Å². The zero-order valence-electron chi connectivity index (χ0n) is 9.08. The Bertz CT molecular complexity index is 204. The van der Waals surface area contributed by atoms with E-state index in [1.807, 2.05) is 0 Å². The van der Waals surface area contributed by atoms with Gasteiger partial charge in [0.25, 0.3) is 0 Å². The van der Waals surface area contributed by atoms with Gasteiger partial charge in [-0.25, -0.2) is 0 Å². The van der Waals surface area contributed by atoms with Crippen molar-refractivity contribution in [2.24, 2.45) is 23.2 Å². The highest BCUT2D eigenvalue weighted by molar-refractivity contribution is 4.93. The van der Waals surface area contributed by atoms with E-state index in [9.17, 15) is 10.2 Å². The van der Waals surface area contributed by atoms with Gasteiger partial charge in [0.1, 0.15) is 0 Å². The second-order valence-corrected chi connectivity index (χ2v) is 5.66. The van der Waals surface area contributed by atoms with Crippen molar-refractivity contribution in [1.29, 1.82) is 0 Å². The van der Waals surface area contributed by atoms with Crippen LogP contribution in [0.15, 0.2) is 0 Å². The van der Waals surface area contributed by atoms with E-state index in [0.29, 0.717) is 19.1 Å². The summed E-state index contributed by atoms with van der Waals surface area (Å²) in [6.45, 7) is 2.91. The summed E-state index contributed by atoms with van der Waals surface area (Å²) >= 11 is 0. The van der Waals surface area contributed by atoms with E-state index in [2.05, 4.69) is 6.92 Å². The van der Waals surface area contributed by atoms with Crippen molar-refractivity contribution >= 4 is 0 Å². The summed E-state index contributed by atoms with van der Waals surface area (Å²) in [5.74, 6) is 2.08. The van der Waals surface area contributed by atoms with Gasteiger partial charge in [0.15, 0.2) is 0 Å². The molecule has 4 unspecified atom stereocenters. The van der Waals surface area contributed by atoms with E-state index < -0.39 is 0 Å². The molecule has 2 rings (SSSR count). The fourth-order valence-electron chi connectivity index (χ4n) is 3.59. The minimum atomic E-state index is 0.172. The molecule has 2 nitrogen and oxygen atoms in total. The Hall–Kier alpha value is -0.0800. The monoisotopic (exact) mass is 198 g/mol. The third-order valence-electron chi connectivity index (χ3n) is 4.57. The van der Waals surface area contributed by atoms with Crippen molar-refractivity contribution in [3.8, 4) is 0 Å². The number of hydrogen-bond acceptors (Lipinski definition) is 2. The van der Waals surface area contributed by atoms with Gasteiger partial charge in [-0.3, -0.25) is 0 Å². The van der Waals surface area contributed by atoms with Crippen LogP contribution in [0.5, 0.6) is 0 Å². The smallest absolute Gasteiger partial charge is 0.0484 e. The Morgan fingerprint density at radius 3 is 2.64 bits per heavy atom. The van der Waals surface area contributed by atoms with E-state index in [-0.39, 0.29) is 5.41 Å². The SMILES string of the molecule is CC1(CO)CCC2C(CO)CCC2C1. The van der Waals surface area contributed by atoms with Crippen molar-refractivity contribution in [3.63, 3.8) is 0 Å². The van der Waals surface area contributed by atoms with Crippen LogP contribution in [-0.4, -0.2) is 23.4 Å². The predicted molar refractivity (Wildman–Crippen MR) is 55.8 cm³/mol. The van der Waals surface area contributed by atoms with Gasteiger partial charge < -0.3 is 10.2 Å². The Morgan fingerprint density at radius 1 is 1.21 bits per heavy atom. The zero-order valence-corrected chi connectivity index (χ0v) is 9.08. The quantitative estimate of drug-likeness (QED) is 0.710. The number of rotatable bonds is 2. The zero-order chi connectivity index (χ0) is 10.2. The highest BCUT2D eigenvalue weighted by atomic mass is 16.3. The Morgan fingerprint density at radius 2 is 2.00 bits per heavy atom. The molecular formula is C12H22O2. The van der Waals surface area contributed by atoms with E-state index >= 15 is 0 Å². The molecule has 0 bridgehead atoms. The fraction of sp³-hybridized carbons (Fsp3) is 1.00. The molecule has 0 radical (unpaired) electrons. The normalized spacial score (nSPS) is 47.8. The molecule has 2 aliphatic rings. The molecular weight excluding hydrogens is 176 g/mol. The number of hydrogen-bond donors (Lipinski definition) is 2. The molecule has 2 fully saturated rings. The maximum Gasteiger partial charge on any atom is 0.0484 e. The van der Waals surface area contributed by atoms with Crippen molar-refractivity contribution in [1.82, 2.24) is 0 Å². The molecule has 0 heterocycles. The number of aliphatic hydroxyl groups is 2. The van der Waals surface area contributed by atoms with Crippen LogP contribution in [-0.2, 0) is 0 Å². The van der Waals surface area contributed by atoms with Crippen LogP contribution in [0.3, 0.4) is 0 Å². The average Bonchev–Trinajstić information content (AvgIpc) is 2.59. The Labute approximate surface area is 86.3 Å². The molecule has 0 aromatic heterocycles. The first-order valence-electron chi connectivity index (χ1n) is 5.90. The topological polar surface area (TPSA) is 40.5 Å². The molecule has 2 saturated carbocycles. The molecule has 0 saturated heterocycles. The molecule has 2 aliphatic carbocycles. The molecule has 0 aromatic carbocycles. The van der Waals surface area contributed by atoms with E-state index in [1.54, 1.807) is 0 Å². The first kappa shape index (κ1) is 10.4. The van der Waals surface area contributed by atoms with Gasteiger partial charge in [0.2, 0.25) is 0 Å². The summed E-state index contributed by atoms with van der Waals surface area (Å²) in [6, 6.07) is 0. The molecule has 4 atom stereocenters. The number of aliphatic hydroxyl groups excluding tert-OH is 2. The summed E-state index contributed by atoms with van der Waals surface area (Å²) in [7, 11) is 0. The van der Waals surface area contributed by atoms with Crippen LogP contribution >= 0.6 is 0 Å². The lowest BCUT2D eigenvalue weighted by Gasteiger charge is -2.40. The first-order valence-corrected chi connectivity index (χ1v) is 5.90.